The topological polar surface area (TPSA) is 95.6 Å². The molecular formula is C18H20ClN3O5. The van der Waals surface area contributed by atoms with E-state index < -0.39 is 11.4 Å². The van der Waals surface area contributed by atoms with E-state index in [-0.39, 0.29) is 23.1 Å². The van der Waals surface area contributed by atoms with Gasteiger partial charge in [0, 0.05) is 12.3 Å². The van der Waals surface area contributed by atoms with Gasteiger partial charge in [-0.1, -0.05) is 32.4 Å². The highest BCUT2D eigenvalue weighted by molar-refractivity contribution is 6.34. The van der Waals surface area contributed by atoms with Crippen LogP contribution < -0.4 is 10.2 Å². The number of fused-ring (bicyclic) bond motifs is 3. The average molecular weight is 394 g/mol. The van der Waals surface area contributed by atoms with Crippen LogP contribution in [0.25, 0.3) is 11.4 Å². The number of carbonyl (C=O) groups is 1. The monoisotopic (exact) mass is 393 g/mol. The van der Waals surface area contributed by atoms with Crippen molar-refractivity contribution in [2.24, 2.45) is 5.41 Å². The highest BCUT2D eigenvalue weighted by Gasteiger charge is 2.37. The minimum Gasteiger partial charge on any atom is -0.477 e. The summed E-state index contributed by atoms with van der Waals surface area (Å²) in [5, 5.41) is 14.2. The van der Waals surface area contributed by atoms with Crippen molar-refractivity contribution in [2.75, 3.05) is 13.2 Å². The number of aromatic carboxylic acids is 1. The van der Waals surface area contributed by atoms with E-state index in [0.29, 0.717) is 42.0 Å². The fourth-order valence-electron chi connectivity index (χ4n) is 3.41. The van der Waals surface area contributed by atoms with E-state index in [1.807, 2.05) is 4.57 Å². The zero-order valence-electron chi connectivity index (χ0n) is 15.2. The number of carboxylic acid groups (broad SMARTS) is 1. The molecule has 2 aliphatic heterocycles. The van der Waals surface area contributed by atoms with E-state index >= 15 is 0 Å². The lowest BCUT2D eigenvalue weighted by Crippen LogP contribution is -2.38. The molecule has 27 heavy (non-hydrogen) atoms. The quantitative estimate of drug-likeness (QED) is 0.860. The van der Waals surface area contributed by atoms with Gasteiger partial charge in [0.25, 0.3) is 5.88 Å². The van der Waals surface area contributed by atoms with Crippen molar-refractivity contribution < 1.29 is 19.4 Å². The van der Waals surface area contributed by atoms with Crippen LogP contribution in [-0.4, -0.2) is 44.7 Å². The minimum atomic E-state index is -1.25. The third-order valence-electron chi connectivity index (χ3n) is 4.99. The molecular weight excluding hydrogens is 374 g/mol. The Kier molecular flexibility index (Phi) is 4.08. The Hall–Kier alpha value is -2.32. The molecule has 2 aliphatic rings. The van der Waals surface area contributed by atoms with E-state index in [1.165, 1.54) is 12.3 Å². The summed E-state index contributed by atoms with van der Waals surface area (Å²) in [6, 6.07) is 1.20. The van der Waals surface area contributed by atoms with Crippen LogP contribution in [0.3, 0.4) is 0 Å². The zero-order chi connectivity index (χ0) is 19.5. The molecule has 8 nitrogen and oxygen atoms in total. The van der Waals surface area contributed by atoms with Gasteiger partial charge in [-0.3, -0.25) is 9.48 Å². The summed E-state index contributed by atoms with van der Waals surface area (Å²) >= 11 is 6.53. The number of nitrogens with zero attached hydrogens (tertiary/aromatic N) is 3. The summed E-state index contributed by atoms with van der Waals surface area (Å²) in [7, 11) is 0. The highest BCUT2D eigenvalue weighted by Crippen LogP contribution is 2.44. The van der Waals surface area contributed by atoms with E-state index in [2.05, 4.69) is 25.9 Å². The summed E-state index contributed by atoms with van der Waals surface area (Å²) in [5.74, 6) is -0.946. The van der Waals surface area contributed by atoms with E-state index in [4.69, 9.17) is 21.1 Å². The number of halogens is 1. The van der Waals surface area contributed by atoms with Gasteiger partial charge < -0.3 is 19.1 Å². The molecule has 144 valence electrons. The second kappa shape index (κ2) is 6.10. The summed E-state index contributed by atoms with van der Waals surface area (Å²) in [4.78, 5) is 23.8. The summed E-state index contributed by atoms with van der Waals surface area (Å²) in [6.45, 7) is 7.62. The number of ether oxygens (including phenoxy) is 2. The first kappa shape index (κ1) is 18.1. The predicted octanol–water partition coefficient (Wildman–Crippen LogP) is 2.44. The van der Waals surface area contributed by atoms with E-state index in [1.54, 1.807) is 4.68 Å². The first-order valence-corrected chi connectivity index (χ1v) is 9.05. The van der Waals surface area contributed by atoms with Crippen molar-refractivity contribution in [1.82, 2.24) is 14.3 Å². The lowest BCUT2D eigenvalue weighted by molar-refractivity contribution is -0.0815. The predicted molar refractivity (Wildman–Crippen MR) is 97.6 cm³/mol. The van der Waals surface area contributed by atoms with Crippen molar-refractivity contribution in [2.45, 2.75) is 39.5 Å². The van der Waals surface area contributed by atoms with Gasteiger partial charge in [-0.15, -0.1) is 5.10 Å². The number of pyridine rings is 1. The zero-order valence-corrected chi connectivity index (χ0v) is 16.0. The van der Waals surface area contributed by atoms with Crippen LogP contribution in [0.1, 0.15) is 37.2 Å². The Bertz CT molecular complexity index is 984. The first-order chi connectivity index (χ1) is 12.7. The van der Waals surface area contributed by atoms with Crippen LogP contribution in [0.5, 0.6) is 5.88 Å². The number of rotatable bonds is 3. The molecule has 2 aromatic heterocycles. The highest BCUT2D eigenvalue weighted by atomic mass is 35.5. The number of hydrogen-bond acceptors (Lipinski definition) is 5. The molecule has 0 bridgehead atoms. The Morgan fingerprint density at radius 1 is 1.41 bits per heavy atom. The molecule has 1 N–H and O–H groups in total. The lowest BCUT2D eigenvalue weighted by Gasteiger charge is -2.38. The lowest BCUT2D eigenvalue weighted by atomic mass is 9.85. The first-order valence-electron chi connectivity index (χ1n) is 8.67. The molecule has 1 atom stereocenters. The molecule has 0 saturated carbocycles. The largest absolute Gasteiger partial charge is 0.477 e. The van der Waals surface area contributed by atoms with Gasteiger partial charge >= 0.3 is 5.97 Å². The Balaban J connectivity index is 1.90. The SMILES string of the molecule is CC(C)(C)[C@@H]1Cn2nc(OC3COC3)c(Cl)c2-c2cc(=O)c(C(=O)O)cn21. The Morgan fingerprint density at radius 2 is 2.11 bits per heavy atom. The van der Waals surface area contributed by atoms with Crippen LogP contribution in [0.15, 0.2) is 17.1 Å². The number of aromatic nitrogens is 3. The fourth-order valence-corrected chi connectivity index (χ4v) is 3.69. The standard InChI is InChI=1S/C18H20ClN3O5/c1-18(2,3)13-6-22-15(14(19)16(20-22)27-9-7-26-8-9)11-4-12(23)10(17(24)25)5-21(11)13/h4-5,9,13H,6-8H2,1-3H3,(H,24,25)/t13-/m0/s1. The molecule has 4 rings (SSSR count). The van der Waals surface area contributed by atoms with Crippen molar-refractivity contribution in [3.8, 4) is 17.3 Å². The molecule has 0 aliphatic carbocycles. The van der Waals surface area contributed by atoms with E-state index in [9.17, 15) is 14.7 Å². The van der Waals surface area contributed by atoms with Crippen LogP contribution >= 0.6 is 11.6 Å². The molecule has 0 spiro atoms. The third kappa shape index (κ3) is 2.93. The maximum atomic E-state index is 12.3. The van der Waals surface area contributed by atoms with Crippen LogP contribution in [-0.2, 0) is 11.3 Å². The second-order valence-corrected chi connectivity index (χ2v) is 8.34. The molecule has 2 aromatic rings. The molecule has 1 fully saturated rings. The van der Waals surface area contributed by atoms with Crippen molar-refractivity contribution in [3.05, 3.63) is 33.1 Å². The fraction of sp³-hybridized carbons (Fsp3) is 0.500. The van der Waals surface area contributed by atoms with Crippen molar-refractivity contribution >= 4 is 17.6 Å². The second-order valence-electron chi connectivity index (χ2n) is 7.96. The molecule has 0 radical (unpaired) electrons. The minimum absolute atomic E-state index is 0.0885. The van der Waals surface area contributed by atoms with E-state index in [0.717, 1.165) is 0 Å². The van der Waals surface area contributed by atoms with Gasteiger partial charge in [0.15, 0.2) is 5.43 Å². The normalized spacial score (nSPS) is 19.2. The summed E-state index contributed by atoms with van der Waals surface area (Å²) < 4.78 is 14.5. The van der Waals surface area contributed by atoms with Crippen molar-refractivity contribution in [3.63, 3.8) is 0 Å². The molecule has 1 saturated heterocycles. The Morgan fingerprint density at radius 3 is 2.67 bits per heavy atom. The van der Waals surface area contributed by atoms with Crippen molar-refractivity contribution in [1.29, 1.82) is 0 Å². The van der Waals surface area contributed by atoms with Gasteiger partial charge in [-0.05, 0) is 5.41 Å². The van der Waals surface area contributed by atoms with Crippen LogP contribution in [0, 0.1) is 5.41 Å². The maximum absolute atomic E-state index is 12.3. The van der Waals surface area contributed by atoms with Gasteiger partial charge in [-0.25, -0.2) is 4.79 Å². The molecule has 0 amide bonds. The van der Waals surface area contributed by atoms with Gasteiger partial charge in [0.05, 0.1) is 31.5 Å². The molecule has 0 unspecified atom stereocenters. The van der Waals surface area contributed by atoms with Gasteiger partial charge in [-0.2, -0.15) is 0 Å². The smallest absolute Gasteiger partial charge is 0.341 e. The molecule has 9 heteroatoms. The van der Waals surface area contributed by atoms with Crippen LogP contribution in [0.4, 0.5) is 0 Å². The maximum Gasteiger partial charge on any atom is 0.341 e. The molecule has 4 heterocycles. The molecule has 0 aromatic carbocycles. The third-order valence-corrected chi connectivity index (χ3v) is 5.33. The Labute approximate surface area is 160 Å². The van der Waals surface area contributed by atoms with Gasteiger partial charge in [0.1, 0.15) is 22.4 Å². The van der Waals surface area contributed by atoms with Crippen LogP contribution in [0.2, 0.25) is 5.02 Å². The number of carboxylic acids is 1. The summed E-state index contributed by atoms with van der Waals surface area (Å²) in [6.07, 6.45) is 1.32. The van der Waals surface area contributed by atoms with Gasteiger partial charge in [0.2, 0.25) is 0 Å². The average Bonchev–Trinajstić information content (AvgIpc) is 2.84. The number of hydrogen-bond donors (Lipinski definition) is 1. The summed E-state index contributed by atoms with van der Waals surface area (Å²) in [5.41, 5.74) is 0.0513.